The molecule has 0 spiro atoms. The number of nitrogens with zero attached hydrogens (tertiary/aromatic N) is 2. The molecule has 1 aromatic heterocycles. The summed E-state index contributed by atoms with van der Waals surface area (Å²) in [6, 6.07) is 24.3. The lowest BCUT2D eigenvalue weighted by Gasteiger charge is -2.24. The Labute approximate surface area is 169 Å². The highest BCUT2D eigenvalue weighted by molar-refractivity contribution is 7.22. The van der Waals surface area contributed by atoms with Crippen molar-refractivity contribution in [3.63, 3.8) is 0 Å². The molecule has 28 heavy (non-hydrogen) atoms. The first kappa shape index (κ1) is 18.4. The minimum absolute atomic E-state index is 0.0697. The lowest BCUT2D eigenvalue weighted by molar-refractivity contribution is -0.117. The van der Waals surface area contributed by atoms with Gasteiger partial charge >= 0.3 is 0 Å². The lowest BCUT2D eigenvalue weighted by atomic mass is 10.1. The summed E-state index contributed by atoms with van der Waals surface area (Å²) in [5.74, 6) is 0.0697. The van der Waals surface area contributed by atoms with Gasteiger partial charge in [-0.3, -0.25) is 9.69 Å². The Morgan fingerprint density at radius 2 is 1.57 bits per heavy atom. The zero-order valence-electron chi connectivity index (χ0n) is 16.1. The number of fused-ring (bicyclic) bond motifs is 1. The molecule has 0 aliphatic heterocycles. The van der Waals surface area contributed by atoms with E-state index in [0.717, 1.165) is 32.2 Å². The fourth-order valence-electron chi connectivity index (χ4n) is 3.45. The Balaban J connectivity index is 1.74. The molecule has 3 aromatic carbocycles. The quantitative estimate of drug-likeness (QED) is 0.408. The van der Waals surface area contributed by atoms with E-state index >= 15 is 0 Å². The van der Waals surface area contributed by atoms with E-state index in [9.17, 15) is 4.79 Å². The number of benzene rings is 3. The number of anilines is 2. The molecule has 0 unspecified atom stereocenters. The van der Waals surface area contributed by atoms with Crippen LogP contribution in [0.5, 0.6) is 0 Å². The Morgan fingerprint density at radius 3 is 2.29 bits per heavy atom. The van der Waals surface area contributed by atoms with Crippen LogP contribution in [-0.2, 0) is 11.2 Å². The van der Waals surface area contributed by atoms with Crippen molar-refractivity contribution >= 4 is 38.3 Å². The summed E-state index contributed by atoms with van der Waals surface area (Å²) in [6.45, 7) is 4.10. The smallest absolute Gasteiger partial charge is 0.233 e. The highest BCUT2D eigenvalue weighted by atomic mass is 32.1. The molecule has 0 fully saturated rings. The molecule has 1 heterocycles. The van der Waals surface area contributed by atoms with Gasteiger partial charge in [0.15, 0.2) is 5.13 Å². The molecule has 4 heteroatoms. The first-order valence-corrected chi connectivity index (χ1v) is 10.2. The van der Waals surface area contributed by atoms with Gasteiger partial charge in [0.1, 0.15) is 0 Å². The molecule has 4 aromatic rings. The minimum Gasteiger partial charge on any atom is -0.274 e. The number of para-hydroxylation sites is 2. The van der Waals surface area contributed by atoms with Crippen LogP contribution >= 0.6 is 11.3 Å². The molecule has 0 atom stereocenters. The van der Waals surface area contributed by atoms with Crippen LogP contribution in [0.4, 0.5) is 10.8 Å². The SMILES string of the molecule is Cc1cccc(C)c1N(C(=O)CCc1ccccc1)c1nc2ccccc2s1. The third kappa shape index (κ3) is 3.69. The first-order valence-electron chi connectivity index (χ1n) is 9.42. The number of amides is 1. The normalized spacial score (nSPS) is 10.9. The maximum absolute atomic E-state index is 13.4. The van der Waals surface area contributed by atoms with E-state index in [1.165, 1.54) is 5.56 Å². The Morgan fingerprint density at radius 1 is 0.893 bits per heavy atom. The van der Waals surface area contributed by atoms with Crippen LogP contribution in [0.3, 0.4) is 0 Å². The Bertz CT molecular complexity index is 1060. The van der Waals surface area contributed by atoms with Gasteiger partial charge in [-0.15, -0.1) is 0 Å². The van der Waals surface area contributed by atoms with Gasteiger partial charge in [0.25, 0.3) is 0 Å². The molecule has 1 amide bonds. The third-order valence-electron chi connectivity index (χ3n) is 4.86. The van der Waals surface area contributed by atoms with Crippen LogP contribution < -0.4 is 4.90 Å². The minimum atomic E-state index is 0.0697. The number of carbonyl (C=O) groups is 1. The van der Waals surface area contributed by atoms with Crippen LogP contribution in [0.1, 0.15) is 23.1 Å². The van der Waals surface area contributed by atoms with E-state index in [4.69, 9.17) is 4.98 Å². The summed E-state index contributed by atoms with van der Waals surface area (Å²) in [5.41, 5.74) is 5.19. The fourth-order valence-corrected chi connectivity index (χ4v) is 4.44. The van der Waals surface area contributed by atoms with Crippen LogP contribution in [0.2, 0.25) is 0 Å². The number of carbonyl (C=O) groups excluding carboxylic acids is 1. The van der Waals surface area contributed by atoms with Crippen LogP contribution in [0, 0.1) is 13.8 Å². The van der Waals surface area contributed by atoms with E-state index < -0.39 is 0 Å². The Kier molecular flexibility index (Phi) is 5.22. The highest BCUT2D eigenvalue weighted by Gasteiger charge is 2.24. The molecule has 140 valence electrons. The zero-order valence-corrected chi connectivity index (χ0v) is 16.9. The molecule has 0 bridgehead atoms. The molecule has 3 nitrogen and oxygen atoms in total. The lowest BCUT2D eigenvalue weighted by Crippen LogP contribution is -2.27. The summed E-state index contributed by atoms with van der Waals surface area (Å²) < 4.78 is 1.09. The van der Waals surface area contributed by atoms with Crippen molar-refractivity contribution in [2.24, 2.45) is 0 Å². The predicted octanol–water partition coefficient (Wildman–Crippen LogP) is 6.21. The van der Waals surface area contributed by atoms with E-state index in [2.05, 4.69) is 12.1 Å². The largest absolute Gasteiger partial charge is 0.274 e. The number of aryl methyl sites for hydroxylation is 3. The molecular weight excluding hydrogens is 364 g/mol. The maximum Gasteiger partial charge on any atom is 0.233 e. The second kappa shape index (κ2) is 7.95. The average molecular weight is 387 g/mol. The summed E-state index contributed by atoms with van der Waals surface area (Å²) >= 11 is 1.56. The van der Waals surface area contributed by atoms with Crippen molar-refractivity contribution in [2.75, 3.05) is 4.90 Å². The van der Waals surface area contributed by atoms with E-state index in [0.29, 0.717) is 12.8 Å². The van der Waals surface area contributed by atoms with E-state index in [-0.39, 0.29) is 5.91 Å². The van der Waals surface area contributed by atoms with Gasteiger partial charge < -0.3 is 0 Å². The van der Waals surface area contributed by atoms with Gasteiger partial charge in [-0.1, -0.05) is 72.0 Å². The molecule has 4 rings (SSSR count). The first-order chi connectivity index (χ1) is 13.6. The third-order valence-corrected chi connectivity index (χ3v) is 5.88. The second-order valence-electron chi connectivity index (χ2n) is 6.92. The predicted molar refractivity (Wildman–Crippen MR) is 117 cm³/mol. The molecule has 0 N–H and O–H groups in total. The molecule has 0 aliphatic carbocycles. The van der Waals surface area contributed by atoms with Crippen molar-refractivity contribution in [1.29, 1.82) is 0 Å². The molecule has 0 radical (unpaired) electrons. The van der Waals surface area contributed by atoms with Gasteiger partial charge in [0, 0.05) is 6.42 Å². The number of rotatable bonds is 5. The molecular formula is C24H22N2OS. The van der Waals surface area contributed by atoms with Gasteiger partial charge in [-0.05, 0) is 49.1 Å². The standard InChI is InChI=1S/C24H22N2OS/c1-17-9-8-10-18(2)23(17)26(22(27)16-15-19-11-4-3-5-12-19)24-25-20-13-6-7-14-21(20)28-24/h3-14H,15-16H2,1-2H3. The molecule has 0 saturated carbocycles. The van der Waals surface area contributed by atoms with Gasteiger partial charge in [0.05, 0.1) is 15.9 Å². The van der Waals surface area contributed by atoms with Crippen molar-refractivity contribution < 1.29 is 4.79 Å². The topological polar surface area (TPSA) is 33.2 Å². The van der Waals surface area contributed by atoms with Gasteiger partial charge in [0.2, 0.25) is 5.91 Å². The summed E-state index contributed by atoms with van der Waals surface area (Å²) in [7, 11) is 0. The van der Waals surface area contributed by atoms with Crippen molar-refractivity contribution in [3.8, 4) is 0 Å². The van der Waals surface area contributed by atoms with Crippen LogP contribution in [0.15, 0.2) is 72.8 Å². The summed E-state index contributed by atoms with van der Waals surface area (Å²) in [6.07, 6.45) is 1.15. The number of thiazole rings is 1. The average Bonchev–Trinajstić information content (AvgIpc) is 3.13. The van der Waals surface area contributed by atoms with Crippen molar-refractivity contribution in [3.05, 3.63) is 89.5 Å². The van der Waals surface area contributed by atoms with E-state index in [1.807, 2.05) is 79.4 Å². The van der Waals surface area contributed by atoms with Gasteiger partial charge in [-0.25, -0.2) is 4.98 Å². The fraction of sp³-hybridized carbons (Fsp3) is 0.167. The number of hydrogen-bond acceptors (Lipinski definition) is 3. The van der Waals surface area contributed by atoms with E-state index in [1.54, 1.807) is 11.3 Å². The zero-order chi connectivity index (χ0) is 19.5. The number of aromatic nitrogens is 1. The Hall–Kier alpha value is -2.98. The summed E-state index contributed by atoms with van der Waals surface area (Å²) in [5, 5.41) is 0.733. The van der Waals surface area contributed by atoms with Gasteiger partial charge in [-0.2, -0.15) is 0 Å². The summed E-state index contributed by atoms with van der Waals surface area (Å²) in [4.78, 5) is 20.0. The molecule has 0 saturated heterocycles. The molecule has 0 aliphatic rings. The van der Waals surface area contributed by atoms with Crippen LogP contribution in [-0.4, -0.2) is 10.9 Å². The maximum atomic E-state index is 13.4. The monoisotopic (exact) mass is 386 g/mol. The van der Waals surface area contributed by atoms with Crippen LogP contribution in [0.25, 0.3) is 10.2 Å². The second-order valence-corrected chi connectivity index (χ2v) is 7.93. The van der Waals surface area contributed by atoms with Crippen molar-refractivity contribution in [2.45, 2.75) is 26.7 Å². The van der Waals surface area contributed by atoms with Crippen molar-refractivity contribution in [1.82, 2.24) is 4.98 Å². The number of hydrogen-bond donors (Lipinski definition) is 0. The highest BCUT2D eigenvalue weighted by Crippen LogP contribution is 2.37.